The van der Waals surface area contributed by atoms with Gasteiger partial charge in [-0.2, -0.15) is 0 Å². The lowest BCUT2D eigenvalue weighted by molar-refractivity contribution is 0.329. The second-order valence-electron chi connectivity index (χ2n) is 3.08. The molecule has 1 heteroatoms. The lowest BCUT2D eigenvalue weighted by Gasteiger charge is -1.94. The lowest BCUT2D eigenvalue weighted by atomic mass is 10.1. The molecule has 0 aromatic carbocycles. The van der Waals surface area contributed by atoms with Crippen molar-refractivity contribution in [3.8, 4) is 0 Å². The van der Waals surface area contributed by atoms with Crippen molar-refractivity contribution in [2.75, 3.05) is 6.61 Å². The van der Waals surface area contributed by atoms with E-state index in [-0.39, 0.29) is 6.61 Å². The van der Waals surface area contributed by atoms with Gasteiger partial charge in [-0.25, -0.2) is 0 Å². The molecule has 0 amide bonds. The summed E-state index contributed by atoms with van der Waals surface area (Å²) in [7, 11) is 0. The van der Waals surface area contributed by atoms with Crippen LogP contribution in [0.3, 0.4) is 0 Å². The van der Waals surface area contributed by atoms with Gasteiger partial charge >= 0.3 is 0 Å². The van der Waals surface area contributed by atoms with Gasteiger partial charge < -0.3 is 5.11 Å². The summed E-state index contributed by atoms with van der Waals surface area (Å²) in [6, 6.07) is 0. The van der Waals surface area contributed by atoms with Gasteiger partial charge in [0.15, 0.2) is 0 Å². The zero-order valence-corrected chi connectivity index (χ0v) is 8.05. The number of aliphatic hydroxyl groups excluding tert-OH is 1. The van der Waals surface area contributed by atoms with E-state index in [1.54, 1.807) is 0 Å². The molecule has 0 aliphatic heterocycles. The molecule has 70 valence electrons. The van der Waals surface area contributed by atoms with E-state index >= 15 is 0 Å². The van der Waals surface area contributed by atoms with Gasteiger partial charge in [0, 0.05) is 0 Å². The number of aliphatic hydroxyl groups is 1. The summed E-state index contributed by atoms with van der Waals surface area (Å²) < 4.78 is 0. The van der Waals surface area contributed by atoms with Crippen molar-refractivity contribution in [1.82, 2.24) is 0 Å². The van der Waals surface area contributed by atoms with Crippen LogP contribution in [0.15, 0.2) is 24.3 Å². The fourth-order valence-corrected chi connectivity index (χ4v) is 0.945. The van der Waals surface area contributed by atoms with Crippen LogP contribution in [-0.4, -0.2) is 11.7 Å². The molecule has 0 aliphatic carbocycles. The van der Waals surface area contributed by atoms with E-state index in [0.29, 0.717) is 0 Å². The normalized spacial score (nSPS) is 10.8. The second-order valence-corrected chi connectivity index (χ2v) is 3.08. The topological polar surface area (TPSA) is 20.2 Å². The third-order valence-electron chi connectivity index (χ3n) is 1.77. The maximum atomic E-state index is 8.64. The summed E-state index contributed by atoms with van der Waals surface area (Å²) in [5.74, 6) is 0. The first kappa shape index (κ1) is 11.4. The summed E-state index contributed by atoms with van der Waals surface area (Å²) in [6.45, 7) is 6.02. The average molecular weight is 168 g/mol. The van der Waals surface area contributed by atoms with Crippen molar-refractivity contribution in [3.63, 3.8) is 0 Å². The summed E-state index contributed by atoms with van der Waals surface area (Å²) in [6.07, 6.45) is 10.1. The number of unbranched alkanes of at least 4 members (excludes halogenated alkanes) is 3. The van der Waals surface area contributed by atoms with Gasteiger partial charge in [0.2, 0.25) is 0 Å². The minimum Gasteiger partial charge on any atom is -0.392 e. The molecule has 0 unspecified atom stereocenters. The van der Waals surface area contributed by atoms with Gasteiger partial charge in [0.1, 0.15) is 0 Å². The van der Waals surface area contributed by atoms with Crippen molar-refractivity contribution in [3.05, 3.63) is 24.3 Å². The first-order valence-corrected chi connectivity index (χ1v) is 4.73. The second kappa shape index (κ2) is 8.54. The van der Waals surface area contributed by atoms with Gasteiger partial charge in [-0.15, -0.1) is 0 Å². The standard InChI is InChI=1S/C11H20O/c1-3-4-5-6-7-8-9-11(2)10-12/h7-8,12H,2-6,9-10H2,1H3/b8-7+. The maximum absolute atomic E-state index is 8.64. The van der Waals surface area contributed by atoms with Crippen LogP contribution < -0.4 is 0 Å². The first-order valence-electron chi connectivity index (χ1n) is 4.73. The smallest absolute Gasteiger partial charge is 0.0642 e. The van der Waals surface area contributed by atoms with Gasteiger partial charge in [-0.1, -0.05) is 38.5 Å². The Kier molecular flexibility index (Phi) is 8.14. The molecule has 0 spiro atoms. The third kappa shape index (κ3) is 7.55. The van der Waals surface area contributed by atoms with E-state index in [4.69, 9.17) is 5.11 Å². The van der Waals surface area contributed by atoms with Gasteiger partial charge in [0.25, 0.3) is 0 Å². The Bertz CT molecular complexity index is 136. The van der Waals surface area contributed by atoms with Crippen molar-refractivity contribution < 1.29 is 5.11 Å². The Hall–Kier alpha value is -0.560. The first-order chi connectivity index (χ1) is 5.81. The molecule has 1 N–H and O–H groups in total. The SMILES string of the molecule is C=C(CO)C/C=C/CCCCC. The fourth-order valence-electron chi connectivity index (χ4n) is 0.945. The Labute approximate surface area is 75.8 Å². The molecular formula is C11H20O. The monoisotopic (exact) mass is 168 g/mol. The zero-order valence-electron chi connectivity index (χ0n) is 8.05. The van der Waals surface area contributed by atoms with Crippen molar-refractivity contribution >= 4 is 0 Å². The Morgan fingerprint density at radius 2 is 2.08 bits per heavy atom. The summed E-state index contributed by atoms with van der Waals surface area (Å²) in [5, 5.41) is 8.64. The molecule has 0 bridgehead atoms. The molecule has 0 aromatic rings. The van der Waals surface area contributed by atoms with Crippen molar-refractivity contribution in [1.29, 1.82) is 0 Å². The summed E-state index contributed by atoms with van der Waals surface area (Å²) in [5.41, 5.74) is 0.891. The van der Waals surface area contributed by atoms with E-state index < -0.39 is 0 Å². The average Bonchev–Trinajstić information content (AvgIpc) is 2.10. The van der Waals surface area contributed by atoms with Crippen LogP contribution in [0.5, 0.6) is 0 Å². The Morgan fingerprint density at radius 1 is 1.33 bits per heavy atom. The quantitative estimate of drug-likeness (QED) is 0.457. The van der Waals surface area contributed by atoms with Crippen LogP contribution in [0.25, 0.3) is 0 Å². The summed E-state index contributed by atoms with van der Waals surface area (Å²) >= 11 is 0. The molecule has 0 aromatic heterocycles. The highest BCUT2D eigenvalue weighted by molar-refractivity contribution is 5.01. The molecule has 0 radical (unpaired) electrons. The van der Waals surface area contributed by atoms with Gasteiger partial charge in [-0.3, -0.25) is 0 Å². The molecule has 0 aliphatic rings. The molecule has 0 saturated heterocycles. The van der Waals surface area contributed by atoms with Crippen LogP contribution >= 0.6 is 0 Å². The molecule has 0 rings (SSSR count). The van der Waals surface area contributed by atoms with Crippen LogP contribution in [-0.2, 0) is 0 Å². The number of hydrogen-bond donors (Lipinski definition) is 1. The molecule has 0 saturated carbocycles. The largest absolute Gasteiger partial charge is 0.392 e. The van der Waals surface area contributed by atoms with Crippen LogP contribution in [0.2, 0.25) is 0 Å². The summed E-state index contributed by atoms with van der Waals surface area (Å²) in [4.78, 5) is 0. The van der Waals surface area contributed by atoms with Crippen molar-refractivity contribution in [2.24, 2.45) is 0 Å². The fraction of sp³-hybridized carbons (Fsp3) is 0.636. The molecular weight excluding hydrogens is 148 g/mol. The molecule has 0 fully saturated rings. The van der Waals surface area contributed by atoms with Crippen LogP contribution in [0.4, 0.5) is 0 Å². The van der Waals surface area contributed by atoms with Crippen LogP contribution in [0.1, 0.15) is 39.0 Å². The highest BCUT2D eigenvalue weighted by Gasteiger charge is 1.86. The third-order valence-corrected chi connectivity index (χ3v) is 1.77. The van der Waals surface area contributed by atoms with Crippen LogP contribution in [0, 0.1) is 0 Å². The lowest BCUT2D eigenvalue weighted by Crippen LogP contribution is -1.84. The number of rotatable bonds is 7. The zero-order chi connectivity index (χ0) is 9.23. The van der Waals surface area contributed by atoms with E-state index in [2.05, 4.69) is 25.7 Å². The highest BCUT2D eigenvalue weighted by atomic mass is 16.3. The highest BCUT2D eigenvalue weighted by Crippen LogP contribution is 2.02. The minimum atomic E-state index is 0.110. The molecule has 1 nitrogen and oxygen atoms in total. The van der Waals surface area contributed by atoms with E-state index in [1.165, 1.54) is 19.3 Å². The number of hydrogen-bond acceptors (Lipinski definition) is 1. The molecule has 12 heavy (non-hydrogen) atoms. The van der Waals surface area contributed by atoms with Gasteiger partial charge in [0.05, 0.1) is 6.61 Å². The molecule has 0 atom stereocenters. The van der Waals surface area contributed by atoms with Crippen molar-refractivity contribution in [2.45, 2.75) is 39.0 Å². The van der Waals surface area contributed by atoms with E-state index in [0.717, 1.165) is 18.4 Å². The Balaban J connectivity index is 3.19. The predicted octanol–water partition coefficient (Wildman–Crippen LogP) is 3.06. The maximum Gasteiger partial charge on any atom is 0.0642 e. The number of allylic oxidation sites excluding steroid dienone is 2. The molecule has 0 heterocycles. The van der Waals surface area contributed by atoms with E-state index in [9.17, 15) is 0 Å². The minimum absolute atomic E-state index is 0.110. The predicted molar refractivity (Wildman–Crippen MR) is 54.1 cm³/mol. The van der Waals surface area contributed by atoms with Gasteiger partial charge in [-0.05, 0) is 24.8 Å². The Morgan fingerprint density at radius 3 is 2.67 bits per heavy atom. The van der Waals surface area contributed by atoms with E-state index in [1.807, 2.05) is 0 Å².